The average Bonchev–Trinajstić information content (AvgIpc) is 3.21. The summed E-state index contributed by atoms with van der Waals surface area (Å²) in [5.74, 6) is -0.0457. The van der Waals surface area contributed by atoms with Crippen molar-refractivity contribution in [2.45, 2.75) is 159 Å². The van der Waals surface area contributed by atoms with Gasteiger partial charge in [0.2, 0.25) is 0 Å². The van der Waals surface area contributed by atoms with Crippen LogP contribution in [0.3, 0.4) is 0 Å². The normalized spacial score (nSPS) is 10.9. The van der Waals surface area contributed by atoms with Gasteiger partial charge in [-0.2, -0.15) is 0 Å². The van der Waals surface area contributed by atoms with E-state index in [1.54, 1.807) is 0 Å². The predicted octanol–water partition coefficient (Wildman–Crippen LogP) is 14.9. The molecule has 0 spiro atoms. The number of nitrogen functional groups attached to an aromatic ring is 2. The quantitative estimate of drug-likeness (QED) is 0.137. The summed E-state index contributed by atoms with van der Waals surface area (Å²) in [6.07, 6.45) is 0. The third-order valence-electron chi connectivity index (χ3n) is 14.9. The third-order valence-corrected chi connectivity index (χ3v) is 14.9. The fourth-order valence-corrected chi connectivity index (χ4v) is 8.07. The molecule has 0 amide bonds. The van der Waals surface area contributed by atoms with E-state index in [4.69, 9.17) is 11.5 Å². The van der Waals surface area contributed by atoms with E-state index in [1.807, 2.05) is 48.5 Å². The predicted molar refractivity (Wildman–Crippen MR) is 257 cm³/mol. The van der Waals surface area contributed by atoms with Crippen LogP contribution in [0.15, 0.2) is 0 Å². The van der Waals surface area contributed by atoms with Crippen molar-refractivity contribution in [1.82, 2.24) is 0 Å². The van der Waals surface area contributed by atoms with Crippen LogP contribution >= 0.6 is 0 Å². The van der Waals surface area contributed by atoms with E-state index >= 15 is 0 Å². The first kappa shape index (κ1) is 47.6. The molecule has 6 N–H and O–H groups in total. The first-order valence-corrected chi connectivity index (χ1v) is 20.8. The van der Waals surface area contributed by atoms with Crippen LogP contribution in [0.4, 0.5) is 38.5 Å². The van der Waals surface area contributed by atoms with Gasteiger partial charge in [0.15, 0.2) is 0 Å². The molecule has 5 aromatic carbocycles. The van der Waals surface area contributed by atoms with Crippen molar-refractivity contribution in [2.24, 2.45) is 0 Å². The molecule has 0 aliphatic rings. The average molecular weight is 787 g/mol. The van der Waals surface area contributed by atoms with Crippen LogP contribution in [0, 0.1) is 165 Å². The SMILES string of the molecule is Cc1c(C)c(C)c(F)c(C)c1C.Cc1c(C)c(C)c(N)c(N)c1C.Cc1c(C)c(C)c(Nc2c(C)c(C)c(C)c(C)c2Nc2c(C)c(C)c(C)c(C)c2C)c(C)c1C. The smallest absolute Gasteiger partial charge is 0.129 e. The minimum absolute atomic E-state index is 0.0457. The molecule has 0 bridgehead atoms. The lowest BCUT2D eigenvalue weighted by Crippen LogP contribution is -2.10. The number of hydrogen-bond donors (Lipinski definition) is 4. The Bertz CT molecular complexity index is 2010. The summed E-state index contributed by atoms with van der Waals surface area (Å²) < 4.78 is 13.4. The molecule has 0 radical (unpaired) electrons. The summed E-state index contributed by atoms with van der Waals surface area (Å²) in [6.45, 7) is 49.2. The maximum atomic E-state index is 13.4. The molecule has 0 aliphatic carbocycles. The Morgan fingerprint density at radius 2 is 0.379 bits per heavy atom. The van der Waals surface area contributed by atoms with Crippen LogP contribution in [0.1, 0.15) is 128 Å². The molecule has 0 aromatic heterocycles. The molecule has 0 heterocycles. The van der Waals surface area contributed by atoms with Crippen LogP contribution in [-0.2, 0) is 0 Å². The van der Waals surface area contributed by atoms with Crippen molar-refractivity contribution in [2.75, 3.05) is 22.1 Å². The molecule has 0 aliphatic heterocycles. The maximum absolute atomic E-state index is 13.4. The molecule has 314 valence electrons. The largest absolute Gasteiger partial charge is 0.397 e. The van der Waals surface area contributed by atoms with Gasteiger partial charge in [-0.1, -0.05) is 0 Å². The van der Waals surface area contributed by atoms with E-state index in [9.17, 15) is 4.39 Å². The van der Waals surface area contributed by atoms with Crippen molar-refractivity contribution >= 4 is 34.1 Å². The topological polar surface area (TPSA) is 76.1 Å². The fraction of sp³-hybridized carbons (Fsp3) is 0.434. The van der Waals surface area contributed by atoms with Crippen LogP contribution < -0.4 is 22.1 Å². The molecule has 5 heteroatoms. The molecule has 0 atom stereocenters. The number of benzene rings is 5. The molecule has 58 heavy (non-hydrogen) atoms. The highest BCUT2D eigenvalue weighted by Crippen LogP contribution is 2.43. The van der Waals surface area contributed by atoms with Gasteiger partial charge in [-0.25, -0.2) is 4.39 Å². The standard InChI is InChI=1S/C32H44N2.C11H15F.C10H16N2/c1-15-17(3)23(9)29(24(10)18(15)4)33-31-27(13)21(7)22(8)28(14)32(31)34-30-25(11)19(5)16(2)20(6)26(30)12;1-6-7(2)9(4)11(12)10(5)8(6)3;1-5-6(2)8(4)10(12)9(11)7(5)3/h33-34H,1-14H3;1-5H3;11-12H2,1-4H3. The molecular formula is C53H75FN4. The van der Waals surface area contributed by atoms with Crippen LogP contribution in [-0.4, -0.2) is 0 Å². The number of anilines is 6. The van der Waals surface area contributed by atoms with E-state index in [0.717, 1.165) is 44.8 Å². The second-order valence-electron chi connectivity index (χ2n) is 17.3. The third kappa shape index (κ3) is 8.51. The highest BCUT2D eigenvalue weighted by molar-refractivity contribution is 5.88. The number of hydrogen-bond acceptors (Lipinski definition) is 4. The Morgan fingerprint density at radius 1 is 0.224 bits per heavy atom. The Hall–Kier alpha value is -4.77. The van der Waals surface area contributed by atoms with E-state index in [0.29, 0.717) is 0 Å². The monoisotopic (exact) mass is 787 g/mol. The first-order chi connectivity index (χ1) is 26.6. The van der Waals surface area contributed by atoms with Crippen LogP contribution in [0.25, 0.3) is 0 Å². The molecule has 5 rings (SSSR count). The summed E-state index contributed by atoms with van der Waals surface area (Å²) in [7, 11) is 0. The van der Waals surface area contributed by atoms with Crippen LogP contribution in [0.2, 0.25) is 0 Å². The van der Waals surface area contributed by atoms with E-state index in [1.165, 1.54) is 117 Å². The summed E-state index contributed by atoms with van der Waals surface area (Å²) in [4.78, 5) is 0. The summed E-state index contributed by atoms with van der Waals surface area (Å²) in [6, 6.07) is 0. The number of nitrogens with two attached hydrogens (primary N) is 2. The van der Waals surface area contributed by atoms with Gasteiger partial charge in [0.25, 0.3) is 0 Å². The van der Waals surface area contributed by atoms with Gasteiger partial charge in [-0.3, -0.25) is 0 Å². The zero-order valence-electron chi connectivity index (χ0n) is 40.5. The Kier molecular flexibility index (Phi) is 14.8. The number of halogens is 1. The van der Waals surface area contributed by atoms with E-state index in [-0.39, 0.29) is 5.82 Å². The highest BCUT2D eigenvalue weighted by Gasteiger charge is 2.21. The lowest BCUT2D eigenvalue weighted by atomic mass is 9.90. The van der Waals surface area contributed by atoms with Gasteiger partial charge in [0, 0.05) is 11.4 Å². The molecule has 4 nitrogen and oxygen atoms in total. The minimum Gasteiger partial charge on any atom is -0.397 e. The van der Waals surface area contributed by atoms with Crippen LogP contribution in [0.5, 0.6) is 0 Å². The fourth-order valence-electron chi connectivity index (χ4n) is 8.07. The zero-order valence-corrected chi connectivity index (χ0v) is 40.5. The van der Waals surface area contributed by atoms with E-state index < -0.39 is 0 Å². The van der Waals surface area contributed by atoms with Crippen molar-refractivity contribution in [3.8, 4) is 0 Å². The Labute approximate surface area is 352 Å². The van der Waals surface area contributed by atoms with Crippen molar-refractivity contribution in [3.05, 3.63) is 134 Å². The molecular weight excluding hydrogens is 712 g/mol. The van der Waals surface area contributed by atoms with Gasteiger partial charge < -0.3 is 22.1 Å². The molecule has 0 saturated carbocycles. The van der Waals surface area contributed by atoms with Gasteiger partial charge >= 0.3 is 0 Å². The first-order valence-electron chi connectivity index (χ1n) is 20.8. The van der Waals surface area contributed by atoms with Gasteiger partial charge in [-0.05, 0) is 287 Å². The van der Waals surface area contributed by atoms with Crippen molar-refractivity contribution in [3.63, 3.8) is 0 Å². The molecule has 5 aromatic rings. The zero-order chi connectivity index (χ0) is 44.7. The maximum Gasteiger partial charge on any atom is 0.129 e. The second-order valence-corrected chi connectivity index (χ2v) is 17.3. The Morgan fingerprint density at radius 3 is 0.603 bits per heavy atom. The van der Waals surface area contributed by atoms with E-state index in [2.05, 4.69) is 121 Å². The number of nitrogens with one attached hydrogen (secondary N) is 2. The van der Waals surface area contributed by atoms with Crippen molar-refractivity contribution in [1.29, 1.82) is 0 Å². The Balaban J connectivity index is 0.000000303. The molecule has 0 unspecified atom stereocenters. The van der Waals surface area contributed by atoms with Gasteiger partial charge in [0.05, 0.1) is 22.7 Å². The molecule has 0 fully saturated rings. The highest BCUT2D eigenvalue weighted by atomic mass is 19.1. The van der Waals surface area contributed by atoms with Crippen molar-refractivity contribution < 1.29 is 4.39 Å². The summed E-state index contributed by atoms with van der Waals surface area (Å²) in [5, 5.41) is 7.86. The molecule has 0 saturated heterocycles. The minimum atomic E-state index is -0.0457. The lowest BCUT2D eigenvalue weighted by Gasteiger charge is -2.28. The van der Waals surface area contributed by atoms with Gasteiger partial charge in [0.1, 0.15) is 5.82 Å². The summed E-state index contributed by atoms with van der Waals surface area (Å²) >= 11 is 0. The number of rotatable bonds is 4. The second kappa shape index (κ2) is 18.0. The lowest BCUT2D eigenvalue weighted by molar-refractivity contribution is 0.605. The van der Waals surface area contributed by atoms with Gasteiger partial charge in [-0.15, -0.1) is 0 Å². The summed E-state index contributed by atoms with van der Waals surface area (Å²) in [5.41, 5.74) is 46.5.